The summed E-state index contributed by atoms with van der Waals surface area (Å²) in [5.74, 6) is -0.513. The van der Waals surface area contributed by atoms with Crippen molar-refractivity contribution >= 4 is 11.6 Å². The van der Waals surface area contributed by atoms with Gasteiger partial charge in [-0.3, -0.25) is 9.69 Å². The van der Waals surface area contributed by atoms with E-state index in [9.17, 15) is 9.18 Å². The molecule has 0 spiro atoms. The van der Waals surface area contributed by atoms with Gasteiger partial charge in [0, 0.05) is 25.3 Å². The molecule has 1 aliphatic heterocycles. The monoisotopic (exact) mass is 344 g/mol. The third-order valence-corrected chi connectivity index (χ3v) is 4.32. The number of nitrogens with one attached hydrogen (secondary N) is 1. The fourth-order valence-electron chi connectivity index (χ4n) is 3.11. The van der Waals surface area contributed by atoms with Crippen LogP contribution in [0.1, 0.15) is 16.7 Å². The van der Waals surface area contributed by atoms with Crippen molar-refractivity contribution in [2.45, 2.75) is 19.5 Å². The minimum absolute atomic E-state index is 0.0882. The van der Waals surface area contributed by atoms with Gasteiger partial charge in [0.2, 0.25) is 5.91 Å². The summed E-state index contributed by atoms with van der Waals surface area (Å²) in [7, 11) is 1.40. The zero-order chi connectivity index (χ0) is 17.8. The molecule has 2 aromatic carbocycles. The second-order valence-electron chi connectivity index (χ2n) is 6.07. The molecule has 0 radical (unpaired) electrons. The highest BCUT2D eigenvalue weighted by Gasteiger charge is 2.21. The van der Waals surface area contributed by atoms with Gasteiger partial charge in [-0.2, -0.15) is 0 Å². The summed E-state index contributed by atoms with van der Waals surface area (Å²) >= 11 is 0. The molecule has 2 aromatic rings. The van der Waals surface area contributed by atoms with E-state index in [1.54, 1.807) is 6.07 Å². The number of aliphatic hydroxyl groups is 1. The molecule has 25 heavy (non-hydrogen) atoms. The molecule has 1 heterocycles. The van der Waals surface area contributed by atoms with Crippen LogP contribution < -0.4 is 10.1 Å². The normalized spacial score (nSPS) is 13.6. The Labute approximate surface area is 146 Å². The van der Waals surface area contributed by atoms with E-state index < -0.39 is 5.82 Å². The van der Waals surface area contributed by atoms with E-state index in [1.807, 2.05) is 18.2 Å². The first-order chi connectivity index (χ1) is 12.1. The number of ether oxygens (including phenoxy) is 1. The van der Waals surface area contributed by atoms with Gasteiger partial charge in [-0.15, -0.1) is 0 Å². The fourth-order valence-corrected chi connectivity index (χ4v) is 3.11. The number of rotatable bonds is 6. The Morgan fingerprint density at radius 3 is 2.88 bits per heavy atom. The number of methoxy groups -OCH3 is 1. The molecule has 0 unspecified atom stereocenters. The van der Waals surface area contributed by atoms with Gasteiger partial charge in [0.25, 0.3) is 0 Å². The number of carbonyl (C=O) groups is 1. The number of fused-ring (bicyclic) bond motifs is 1. The van der Waals surface area contributed by atoms with Crippen LogP contribution >= 0.6 is 0 Å². The number of anilines is 1. The summed E-state index contributed by atoms with van der Waals surface area (Å²) in [6, 6.07) is 10.3. The van der Waals surface area contributed by atoms with E-state index in [0.29, 0.717) is 18.7 Å². The van der Waals surface area contributed by atoms with Gasteiger partial charge in [-0.25, -0.2) is 4.39 Å². The molecule has 0 aliphatic carbocycles. The summed E-state index contributed by atoms with van der Waals surface area (Å²) in [5, 5.41) is 12.0. The van der Waals surface area contributed by atoms with E-state index in [0.717, 1.165) is 23.4 Å². The zero-order valence-electron chi connectivity index (χ0n) is 14.1. The highest BCUT2D eigenvalue weighted by atomic mass is 19.1. The smallest absolute Gasteiger partial charge is 0.228 e. The molecular formula is C19H21FN2O3. The van der Waals surface area contributed by atoms with Crippen LogP contribution in [0.5, 0.6) is 5.75 Å². The van der Waals surface area contributed by atoms with E-state index in [1.165, 1.54) is 19.2 Å². The van der Waals surface area contributed by atoms with Gasteiger partial charge in [0.05, 0.1) is 20.1 Å². The molecule has 0 fully saturated rings. The number of hydrogen-bond acceptors (Lipinski definition) is 4. The van der Waals surface area contributed by atoms with Gasteiger partial charge in [-0.1, -0.05) is 18.2 Å². The molecule has 132 valence electrons. The average Bonchev–Trinajstić information content (AvgIpc) is 2.99. The maximum Gasteiger partial charge on any atom is 0.228 e. The van der Waals surface area contributed by atoms with Crippen molar-refractivity contribution in [3.8, 4) is 5.75 Å². The van der Waals surface area contributed by atoms with Gasteiger partial charge in [0.15, 0.2) is 11.6 Å². The van der Waals surface area contributed by atoms with Crippen molar-refractivity contribution < 1.29 is 19.0 Å². The summed E-state index contributed by atoms with van der Waals surface area (Å²) in [6.45, 7) is 2.18. The topological polar surface area (TPSA) is 61.8 Å². The van der Waals surface area contributed by atoms with Crippen molar-refractivity contribution in [2.24, 2.45) is 0 Å². The number of amides is 1. The SMILES string of the molecule is COc1ccc(CC(=O)Nc2cccc3c2CN(CCO)C3)cc1F. The minimum atomic E-state index is -0.479. The van der Waals surface area contributed by atoms with Crippen LogP contribution in [0, 0.1) is 5.82 Å². The van der Waals surface area contributed by atoms with E-state index in [-0.39, 0.29) is 24.7 Å². The van der Waals surface area contributed by atoms with Crippen LogP contribution in [-0.4, -0.2) is 36.2 Å². The number of halogens is 1. The molecule has 0 saturated heterocycles. The molecular weight excluding hydrogens is 323 g/mol. The lowest BCUT2D eigenvalue weighted by molar-refractivity contribution is -0.115. The maximum absolute atomic E-state index is 13.7. The average molecular weight is 344 g/mol. The minimum Gasteiger partial charge on any atom is -0.494 e. The first kappa shape index (κ1) is 17.4. The standard InChI is InChI=1S/C19H21FN2O3/c1-25-18-6-5-13(9-16(18)20)10-19(24)21-17-4-2-3-14-11-22(7-8-23)12-15(14)17/h2-6,9,23H,7-8,10-12H2,1H3,(H,21,24). The van der Waals surface area contributed by atoms with Crippen molar-refractivity contribution in [2.75, 3.05) is 25.6 Å². The molecule has 5 nitrogen and oxygen atoms in total. The van der Waals surface area contributed by atoms with Crippen LogP contribution in [0.4, 0.5) is 10.1 Å². The van der Waals surface area contributed by atoms with Crippen molar-refractivity contribution in [3.05, 3.63) is 58.9 Å². The predicted molar refractivity (Wildman–Crippen MR) is 92.9 cm³/mol. The molecule has 0 aromatic heterocycles. The van der Waals surface area contributed by atoms with Gasteiger partial charge in [-0.05, 0) is 34.9 Å². The Hall–Kier alpha value is -2.44. The molecule has 6 heteroatoms. The first-order valence-electron chi connectivity index (χ1n) is 8.17. The molecule has 0 saturated carbocycles. The van der Waals surface area contributed by atoms with Gasteiger partial charge in [0.1, 0.15) is 0 Å². The van der Waals surface area contributed by atoms with Crippen molar-refractivity contribution in [3.63, 3.8) is 0 Å². The number of aliphatic hydroxyl groups excluding tert-OH is 1. The van der Waals surface area contributed by atoms with Crippen LogP contribution in [0.2, 0.25) is 0 Å². The second-order valence-corrected chi connectivity index (χ2v) is 6.07. The largest absolute Gasteiger partial charge is 0.494 e. The van der Waals surface area contributed by atoms with Crippen LogP contribution in [0.25, 0.3) is 0 Å². The van der Waals surface area contributed by atoms with Crippen molar-refractivity contribution in [1.82, 2.24) is 4.90 Å². The Kier molecular flexibility index (Phi) is 5.31. The second kappa shape index (κ2) is 7.63. The van der Waals surface area contributed by atoms with Crippen LogP contribution in [0.15, 0.2) is 36.4 Å². The third kappa shape index (κ3) is 3.97. The lowest BCUT2D eigenvalue weighted by atomic mass is 10.1. The highest BCUT2D eigenvalue weighted by Crippen LogP contribution is 2.29. The number of nitrogens with zero attached hydrogens (tertiary/aromatic N) is 1. The number of hydrogen-bond donors (Lipinski definition) is 2. The maximum atomic E-state index is 13.7. The Balaban J connectivity index is 1.68. The molecule has 0 bridgehead atoms. The number of benzene rings is 2. The Morgan fingerprint density at radius 1 is 1.32 bits per heavy atom. The molecule has 1 amide bonds. The van der Waals surface area contributed by atoms with Crippen LogP contribution in [-0.2, 0) is 24.3 Å². The fraction of sp³-hybridized carbons (Fsp3) is 0.316. The summed E-state index contributed by atoms with van der Waals surface area (Å²) < 4.78 is 18.6. The van der Waals surface area contributed by atoms with E-state index in [2.05, 4.69) is 10.2 Å². The zero-order valence-corrected chi connectivity index (χ0v) is 14.1. The molecule has 1 aliphatic rings. The number of β-amino-alcohol motifs (C(OH)–C–C–N with tert-alkyl or cyclic N) is 1. The quantitative estimate of drug-likeness (QED) is 0.844. The Morgan fingerprint density at radius 2 is 2.16 bits per heavy atom. The number of carbonyl (C=O) groups excluding carboxylic acids is 1. The molecule has 0 atom stereocenters. The van der Waals surface area contributed by atoms with E-state index in [4.69, 9.17) is 9.84 Å². The molecule has 2 N–H and O–H groups in total. The van der Waals surface area contributed by atoms with E-state index >= 15 is 0 Å². The summed E-state index contributed by atoms with van der Waals surface area (Å²) in [4.78, 5) is 14.5. The first-order valence-corrected chi connectivity index (χ1v) is 8.17. The highest BCUT2D eigenvalue weighted by molar-refractivity contribution is 5.93. The van der Waals surface area contributed by atoms with Gasteiger partial charge < -0.3 is 15.2 Å². The lowest BCUT2D eigenvalue weighted by Gasteiger charge is -2.13. The Bertz CT molecular complexity index is 779. The third-order valence-electron chi connectivity index (χ3n) is 4.32. The van der Waals surface area contributed by atoms with Crippen molar-refractivity contribution in [1.29, 1.82) is 0 Å². The van der Waals surface area contributed by atoms with Gasteiger partial charge >= 0.3 is 0 Å². The predicted octanol–water partition coefficient (Wildman–Crippen LogP) is 2.32. The van der Waals surface area contributed by atoms with Crippen LogP contribution in [0.3, 0.4) is 0 Å². The summed E-state index contributed by atoms with van der Waals surface area (Å²) in [5.41, 5.74) is 3.59. The lowest BCUT2D eigenvalue weighted by Crippen LogP contribution is -2.20. The summed E-state index contributed by atoms with van der Waals surface area (Å²) in [6.07, 6.45) is 0.0882. The molecule has 3 rings (SSSR count).